The zero-order valence-electron chi connectivity index (χ0n) is 18.4. The maximum absolute atomic E-state index is 13.2. The van der Waals surface area contributed by atoms with Crippen molar-refractivity contribution in [3.05, 3.63) is 69.5 Å². The van der Waals surface area contributed by atoms with Crippen molar-refractivity contribution in [1.29, 1.82) is 0 Å². The summed E-state index contributed by atoms with van der Waals surface area (Å²) >= 11 is 1.46. The standard InChI is InChI=1S/C24H24N2O5S2/c1-14-5-7-17-20(12-14)32-24(21(17)22(27)19-4-3-11-31-19)25-23(28)16-6-8-18-15(13-16)9-10-26(18)33(2,29)30/h3-4,6,8,11,13-14H,5,7,9-10,12H2,1-2H3,(H,25,28). The van der Waals surface area contributed by atoms with Crippen LogP contribution in [0.2, 0.25) is 0 Å². The Hall–Kier alpha value is -2.91. The second-order valence-electron chi connectivity index (χ2n) is 8.75. The van der Waals surface area contributed by atoms with E-state index in [1.165, 1.54) is 28.2 Å². The van der Waals surface area contributed by atoms with Crippen LogP contribution in [0.4, 0.5) is 10.7 Å². The fourth-order valence-corrected chi connectivity index (χ4v) is 7.00. The molecule has 1 unspecified atom stereocenters. The van der Waals surface area contributed by atoms with Crippen LogP contribution in [0.5, 0.6) is 0 Å². The Morgan fingerprint density at radius 3 is 2.76 bits per heavy atom. The van der Waals surface area contributed by atoms with Gasteiger partial charge in [-0.2, -0.15) is 0 Å². The van der Waals surface area contributed by atoms with E-state index in [0.29, 0.717) is 40.7 Å². The highest BCUT2D eigenvalue weighted by Crippen LogP contribution is 2.41. The van der Waals surface area contributed by atoms with E-state index >= 15 is 0 Å². The van der Waals surface area contributed by atoms with Gasteiger partial charge in [0.2, 0.25) is 15.8 Å². The van der Waals surface area contributed by atoms with Crippen molar-refractivity contribution in [1.82, 2.24) is 0 Å². The molecule has 9 heteroatoms. The Balaban J connectivity index is 1.47. The predicted molar refractivity (Wildman–Crippen MR) is 128 cm³/mol. The number of hydrogen-bond donors (Lipinski definition) is 1. The second-order valence-corrected chi connectivity index (χ2v) is 11.8. The fourth-order valence-electron chi connectivity index (χ4n) is 4.64. The van der Waals surface area contributed by atoms with Crippen molar-refractivity contribution < 1.29 is 22.4 Å². The number of carbonyl (C=O) groups is 2. The van der Waals surface area contributed by atoms with Gasteiger partial charge in [-0.05, 0) is 73.1 Å². The van der Waals surface area contributed by atoms with E-state index in [9.17, 15) is 18.0 Å². The summed E-state index contributed by atoms with van der Waals surface area (Å²) in [5.41, 5.74) is 3.39. The average Bonchev–Trinajstić information content (AvgIpc) is 3.50. The third kappa shape index (κ3) is 4.00. The highest BCUT2D eigenvalue weighted by molar-refractivity contribution is 7.92. The molecule has 3 heterocycles. The molecule has 1 N–H and O–H groups in total. The van der Waals surface area contributed by atoms with Crippen LogP contribution in [0, 0.1) is 5.92 Å². The van der Waals surface area contributed by atoms with Crippen molar-refractivity contribution in [3.63, 3.8) is 0 Å². The summed E-state index contributed by atoms with van der Waals surface area (Å²) < 4.78 is 30.7. The molecular weight excluding hydrogens is 460 g/mol. The van der Waals surface area contributed by atoms with Gasteiger partial charge in [0, 0.05) is 17.0 Å². The van der Waals surface area contributed by atoms with Crippen LogP contribution in [0.3, 0.4) is 0 Å². The summed E-state index contributed by atoms with van der Waals surface area (Å²) in [4.78, 5) is 27.5. The van der Waals surface area contributed by atoms with Crippen LogP contribution in [0.15, 0.2) is 41.0 Å². The van der Waals surface area contributed by atoms with Crippen LogP contribution >= 0.6 is 11.3 Å². The highest BCUT2D eigenvalue weighted by Gasteiger charge is 2.31. The van der Waals surface area contributed by atoms with Gasteiger partial charge in [0.05, 0.1) is 23.8 Å². The maximum Gasteiger partial charge on any atom is 0.256 e. The molecule has 2 aliphatic rings. The van der Waals surface area contributed by atoms with Crippen molar-refractivity contribution in [3.8, 4) is 0 Å². The molecule has 1 aromatic carbocycles. The number of carbonyl (C=O) groups excluding carboxylic acids is 2. The Bertz CT molecular complexity index is 1360. The van der Waals surface area contributed by atoms with Crippen molar-refractivity contribution in [2.24, 2.45) is 5.92 Å². The molecule has 3 aromatic rings. The fraction of sp³-hybridized carbons (Fsp3) is 0.333. The lowest BCUT2D eigenvalue weighted by molar-refractivity contribution is 0.101. The molecule has 0 radical (unpaired) electrons. The zero-order chi connectivity index (χ0) is 23.3. The quantitative estimate of drug-likeness (QED) is 0.546. The molecule has 1 aliphatic carbocycles. The number of thiophene rings is 1. The van der Waals surface area contributed by atoms with Crippen LogP contribution < -0.4 is 9.62 Å². The smallest absolute Gasteiger partial charge is 0.256 e. The summed E-state index contributed by atoms with van der Waals surface area (Å²) in [6.07, 6.45) is 5.88. The minimum Gasteiger partial charge on any atom is -0.461 e. The van der Waals surface area contributed by atoms with Gasteiger partial charge in [-0.3, -0.25) is 13.9 Å². The molecule has 0 spiro atoms. The summed E-state index contributed by atoms with van der Waals surface area (Å²) in [7, 11) is -3.35. The van der Waals surface area contributed by atoms with Gasteiger partial charge >= 0.3 is 0 Å². The van der Waals surface area contributed by atoms with Crippen molar-refractivity contribution >= 4 is 43.7 Å². The highest BCUT2D eigenvalue weighted by atomic mass is 32.2. The molecule has 0 saturated carbocycles. The Kier molecular flexibility index (Phi) is 5.41. The van der Waals surface area contributed by atoms with Gasteiger partial charge in [-0.15, -0.1) is 11.3 Å². The second kappa shape index (κ2) is 8.14. The Labute approximate surface area is 196 Å². The molecule has 5 rings (SSSR count). The topological polar surface area (TPSA) is 96.7 Å². The molecule has 0 fully saturated rings. The average molecular weight is 485 g/mol. The Morgan fingerprint density at radius 1 is 1.21 bits per heavy atom. The molecule has 1 aliphatic heterocycles. The summed E-state index contributed by atoms with van der Waals surface area (Å²) in [6, 6.07) is 8.35. The number of benzene rings is 1. The van der Waals surface area contributed by atoms with Crippen LogP contribution in [0.25, 0.3) is 0 Å². The first-order valence-electron chi connectivity index (χ1n) is 10.9. The van der Waals surface area contributed by atoms with E-state index in [1.807, 2.05) is 0 Å². The van der Waals surface area contributed by atoms with Crippen LogP contribution in [0.1, 0.15) is 55.8 Å². The lowest BCUT2D eigenvalue weighted by Gasteiger charge is -2.18. The largest absolute Gasteiger partial charge is 0.461 e. The number of ketones is 1. The lowest BCUT2D eigenvalue weighted by atomic mass is 9.87. The van der Waals surface area contributed by atoms with Gasteiger partial charge in [-0.25, -0.2) is 8.42 Å². The number of nitrogens with zero attached hydrogens (tertiary/aromatic N) is 1. The minimum atomic E-state index is -3.35. The minimum absolute atomic E-state index is 0.222. The molecule has 1 atom stereocenters. The number of fused-ring (bicyclic) bond motifs is 2. The molecule has 172 valence electrons. The summed E-state index contributed by atoms with van der Waals surface area (Å²) in [5, 5.41) is 3.50. The van der Waals surface area contributed by atoms with Crippen molar-refractivity contribution in [2.45, 2.75) is 32.6 Å². The van der Waals surface area contributed by atoms with Crippen molar-refractivity contribution in [2.75, 3.05) is 22.4 Å². The van der Waals surface area contributed by atoms with E-state index in [2.05, 4.69) is 12.2 Å². The van der Waals surface area contributed by atoms with Gasteiger partial charge in [0.25, 0.3) is 5.91 Å². The molecule has 7 nitrogen and oxygen atoms in total. The molecule has 2 aromatic heterocycles. The van der Waals surface area contributed by atoms with E-state index in [4.69, 9.17) is 4.42 Å². The third-order valence-electron chi connectivity index (χ3n) is 6.31. The first-order chi connectivity index (χ1) is 15.7. The predicted octanol–water partition coefficient (Wildman–Crippen LogP) is 4.27. The number of furan rings is 1. The monoisotopic (exact) mass is 484 g/mol. The number of anilines is 2. The molecule has 0 saturated heterocycles. The maximum atomic E-state index is 13.2. The summed E-state index contributed by atoms with van der Waals surface area (Å²) in [6.45, 7) is 2.57. The van der Waals surface area contributed by atoms with Crippen LogP contribution in [-0.4, -0.2) is 32.9 Å². The summed E-state index contributed by atoms with van der Waals surface area (Å²) in [5.74, 6) is 0.236. The third-order valence-corrected chi connectivity index (χ3v) is 8.66. The zero-order valence-corrected chi connectivity index (χ0v) is 20.0. The first kappa shape index (κ1) is 21.9. The lowest BCUT2D eigenvalue weighted by Crippen LogP contribution is -2.27. The van der Waals surface area contributed by atoms with E-state index in [1.54, 1.807) is 30.3 Å². The Morgan fingerprint density at radius 2 is 2.03 bits per heavy atom. The van der Waals surface area contributed by atoms with Gasteiger partial charge in [0.15, 0.2) is 5.76 Å². The number of sulfonamides is 1. The first-order valence-corrected chi connectivity index (χ1v) is 13.5. The van der Waals surface area contributed by atoms with Gasteiger partial charge in [0.1, 0.15) is 5.00 Å². The van der Waals surface area contributed by atoms with E-state index < -0.39 is 10.0 Å². The normalized spacial score (nSPS) is 17.5. The molecule has 1 amide bonds. The number of hydrogen-bond acceptors (Lipinski definition) is 6. The van der Waals surface area contributed by atoms with E-state index in [0.717, 1.165) is 35.3 Å². The van der Waals surface area contributed by atoms with Gasteiger partial charge < -0.3 is 9.73 Å². The number of nitrogens with one attached hydrogen (secondary N) is 1. The SMILES string of the molecule is CC1CCc2c(sc(NC(=O)c3ccc4c(c3)CCN4S(C)(=O)=O)c2C(=O)c2ccco2)C1. The van der Waals surface area contributed by atoms with E-state index in [-0.39, 0.29) is 17.5 Å². The van der Waals surface area contributed by atoms with Gasteiger partial charge in [-0.1, -0.05) is 6.92 Å². The van der Waals surface area contributed by atoms with Crippen LogP contribution in [-0.2, 0) is 29.3 Å². The number of rotatable bonds is 5. The molecule has 33 heavy (non-hydrogen) atoms. The molecular formula is C24H24N2O5S2. The number of amides is 1. The molecule has 0 bridgehead atoms.